The molecule has 0 radical (unpaired) electrons. The van der Waals surface area contributed by atoms with Crippen molar-refractivity contribution in [3.05, 3.63) is 119 Å². The number of anilines is 2. The van der Waals surface area contributed by atoms with Crippen LogP contribution in [0.4, 0.5) is 24.5 Å². The number of nitrogens with zero attached hydrogens (tertiary/aromatic N) is 4. The number of hydrogen-bond acceptors (Lipinski definition) is 13. The molecular weight excluding hydrogens is 1030 g/mol. The van der Waals surface area contributed by atoms with Gasteiger partial charge in [0.05, 0.1) is 23.5 Å². The van der Waals surface area contributed by atoms with E-state index in [4.69, 9.17) is 16.1 Å². The van der Waals surface area contributed by atoms with Crippen LogP contribution in [-0.4, -0.2) is 140 Å². The van der Waals surface area contributed by atoms with Gasteiger partial charge in [0.2, 0.25) is 7.37 Å². The molecule has 0 saturated carbocycles. The predicted molar refractivity (Wildman–Crippen MR) is 283 cm³/mol. The van der Waals surface area contributed by atoms with E-state index in [0.29, 0.717) is 68.9 Å². The van der Waals surface area contributed by atoms with Gasteiger partial charge in [-0.15, -0.1) is 11.8 Å². The zero-order valence-corrected chi connectivity index (χ0v) is 45.3. The average Bonchev–Trinajstić information content (AvgIpc) is 3.33. The van der Waals surface area contributed by atoms with E-state index in [1.54, 1.807) is 25.7 Å². The second-order valence-electron chi connectivity index (χ2n) is 19.6. The molecule has 13 nitrogen and oxygen atoms in total. The highest BCUT2D eigenvalue weighted by atomic mass is 35.5. The van der Waals surface area contributed by atoms with Gasteiger partial charge in [0.25, 0.3) is 25.8 Å². The van der Waals surface area contributed by atoms with Gasteiger partial charge < -0.3 is 19.6 Å². The van der Waals surface area contributed by atoms with Gasteiger partial charge in [0.1, 0.15) is 4.90 Å². The molecule has 72 heavy (non-hydrogen) atoms. The number of amides is 1. The lowest BCUT2D eigenvalue weighted by atomic mass is 9.73. The van der Waals surface area contributed by atoms with E-state index in [2.05, 4.69) is 50.9 Å². The number of rotatable bonds is 20. The Labute approximate surface area is 432 Å². The third-order valence-electron chi connectivity index (χ3n) is 13.4. The molecule has 2 heterocycles. The van der Waals surface area contributed by atoms with Gasteiger partial charge >= 0.3 is 5.51 Å². The molecule has 0 aromatic heterocycles. The molecule has 3 aliphatic rings. The topological polar surface area (TPSA) is 149 Å². The largest absolute Gasteiger partial charge is 0.501 e. The molecular formula is C51H65ClF3N6O7PS3. The van der Waals surface area contributed by atoms with E-state index in [9.17, 15) is 39.4 Å². The first-order valence-electron chi connectivity index (χ1n) is 24.2. The number of nitrogens with one attached hydrogen (secondary N) is 2. The van der Waals surface area contributed by atoms with Crippen LogP contribution in [0.5, 0.6) is 0 Å². The zero-order chi connectivity index (χ0) is 51.9. The maximum Gasteiger partial charge on any atom is 0.501 e. The lowest BCUT2D eigenvalue weighted by Gasteiger charge is -2.39. The Kier molecular flexibility index (Phi) is 18.4. The molecule has 2 saturated heterocycles. The normalized spacial score (nSPS) is 18.9. The highest BCUT2D eigenvalue weighted by Gasteiger charge is 2.48. The summed E-state index contributed by atoms with van der Waals surface area (Å²) in [6.07, 6.45) is 3.86. The molecule has 1 aliphatic carbocycles. The number of carbonyl (C=O) groups is 1. The molecule has 392 valence electrons. The monoisotopic (exact) mass is 1090 g/mol. The fraction of sp³-hybridized carbons (Fsp3) is 0.471. The third kappa shape index (κ3) is 14.9. The van der Waals surface area contributed by atoms with Crippen molar-refractivity contribution < 1.29 is 43.9 Å². The quantitative estimate of drug-likeness (QED) is 0.0640. The van der Waals surface area contributed by atoms with Crippen LogP contribution in [0.15, 0.2) is 117 Å². The lowest BCUT2D eigenvalue weighted by Crippen LogP contribution is -2.47. The molecule has 2 fully saturated rings. The Morgan fingerprint density at radius 1 is 0.861 bits per heavy atom. The first-order valence-corrected chi connectivity index (χ1v) is 30.8. The number of hydrogen-bond donors (Lipinski definition) is 2. The molecule has 0 bridgehead atoms. The summed E-state index contributed by atoms with van der Waals surface area (Å²) < 4.78 is 117. The van der Waals surface area contributed by atoms with E-state index < -0.39 is 60.2 Å². The first kappa shape index (κ1) is 55.8. The van der Waals surface area contributed by atoms with Gasteiger partial charge in [0.15, 0.2) is 0 Å². The Hall–Kier alpha value is -3.91. The molecule has 2 aliphatic heterocycles. The number of thioether (sulfide) groups is 1. The van der Waals surface area contributed by atoms with E-state index >= 15 is 0 Å². The summed E-state index contributed by atoms with van der Waals surface area (Å²) in [4.78, 5) is 21.1. The summed E-state index contributed by atoms with van der Waals surface area (Å²) in [5.74, 6) is -0.705. The van der Waals surface area contributed by atoms with Crippen LogP contribution in [0.3, 0.4) is 0 Å². The molecule has 2 atom stereocenters. The number of sulfonamides is 1. The van der Waals surface area contributed by atoms with Crippen molar-refractivity contribution in [2.24, 2.45) is 5.41 Å². The number of benzene rings is 4. The Bertz CT molecular complexity index is 2810. The van der Waals surface area contributed by atoms with Crippen LogP contribution in [-0.2, 0) is 28.9 Å². The minimum absolute atomic E-state index is 0.0139. The maximum atomic E-state index is 14.3. The van der Waals surface area contributed by atoms with Crippen LogP contribution in [0, 0.1) is 5.41 Å². The van der Waals surface area contributed by atoms with E-state index in [-0.39, 0.29) is 11.0 Å². The minimum atomic E-state index is -6.10. The molecule has 4 aromatic rings. The molecule has 1 unspecified atom stereocenters. The number of carbonyl (C=O) groups excluding carboxylic acids is 1. The van der Waals surface area contributed by atoms with Gasteiger partial charge in [-0.05, 0) is 116 Å². The van der Waals surface area contributed by atoms with Crippen LogP contribution < -0.4 is 14.9 Å². The molecule has 21 heteroatoms. The standard InChI is InChI=1S/C51H65ClF3N6O7PS3/c1-5-68-69(4,63)37-60-27-25-58(26-28-60)24-22-42(36-70-44-9-7-6-8-10-44)56-47-20-19-45(33-48(47)71(64,65)51(53,54)55)72(66,67)57-49(62)39-13-17-43(18-14-39)61-31-29-59(30-32-61)35-40-34-50(2,3)23-21-46(40)38-11-15-41(52)16-12-38/h6-20,33,42,56H,5,21-32,34-37H2,1-4H3,(H,57,62)/t42-,69?/m1/s1. The third-order valence-corrected chi connectivity index (χ3v) is 19.4. The van der Waals surface area contributed by atoms with Crippen molar-refractivity contribution in [3.8, 4) is 0 Å². The second kappa shape index (κ2) is 23.7. The smallest absolute Gasteiger partial charge is 0.380 e. The summed E-state index contributed by atoms with van der Waals surface area (Å²) in [6.45, 7) is 15.4. The van der Waals surface area contributed by atoms with Crippen molar-refractivity contribution >= 4 is 73.4 Å². The highest BCUT2D eigenvalue weighted by Crippen LogP contribution is 2.44. The number of sulfone groups is 1. The number of halogens is 4. The molecule has 1 amide bonds. The van der Waals surface area contributed by atoms with Crippen LogP contribution in [0.2, 0.25) is 5.02 Å². The molecule has 0 spiro atoms. The van der Waals surface area contributed by atoms with Gasteiger partial charge in [0, 0.05) is 105 Å². The molecule has 2 N–H and O–H groups in total. The van der Waals surface area contributed by atoms with E-state index in [1.807, 2.05) is 47.2 Å². The number of alkyl halides is 3. The summed E-state index contributed by atoms with van der Waals surface area (Å²) in [5.41, 5.74) is -1.12. The van der Waals surface area contributed by atoms with Gasteiger partial charge in [-0.25, -0.2) is 21.6 Å². The van der Waals surface area contributed by atoms with Crippen molar-refractivity contribution in [3.63, 3.8) is 0 Å². The summed E-state index contributed by atoms with van der Waals surface area (Å²) in [7, 11) is -13.8. The van der Waals surface area contributed by atoms with Crippen LogP contribution in [0.25, 0.3) is 5.57 Å². The van der Waals surface area contributed by atoms with Crippen molar-refractivity contribution in [2.45, 2.75) is 72.7 Å². The summed E-state index contributed by atoms with van der Waals surface area (Å²) in [6, 6.07) is 25.6. The summed E-state index contributed by atoms with van der Waals surface area (Å²) in [5, 5.41) is 3.72. The van der Waals surface area contributed by atoms with Crippen molar-refractivity contribution in [2.75, 3.05) is 101 Å². The SMILES string of the molecule is CCOP(C)(=O)CN1CCN(CC[C@H](CSc2ccccc2)Nc2ccc(S(=O)(=O)NC(=O)c3ccc(N4CCN(CC5=C(c6ccc(Cl)cc6)CCC(C)(C)C5)CC4)cc3)cc2S(=O)(=O)C(F)(F)F)CC1. The minimum Gasteiger partial charge on any atom is -0.380 e. The maximum absolute atomic E-state index is 14.3. The number of piperazine rings is 2. The molecule has 4 aromatic carbocycles. The molecule has 7 rings (SSSR count). The van der Waals surface area contributed by atoms with Gasteiger partial charge in [-0.2, -0.15) is 13.2 Å². The fourth-order valence-electron chi connectivity index (χ4n) is 9.50. The Morgan fingerprint density at radius 2 is 1.50 bits per heavy atom. The fourth-order valence-corrected chi connectivity index (χ4v) is 14.3. The van der Waals surface area contributed by atoms with Crippen LogP contribution in [0.1, 0.15) is 62.4 Å². The van der Waals surface area contributed by atoms with Gasteiger partial charge in [-0.1, -0.05) is 61.4 Å². The highest BCUT2D eigenvalue weighted by molar-refractivity contribution is 7.99. The summed E-state index contributed by atoms with van der Waals surface area (Å²) >= 11 is 7.63. The second-order valence-corrected chi connectivity index (χ2v) is 27.3. The first-order chi connectivity index (χ1) is 34.0. The van der Waals surface area contributed by atoms with Gasteiger partial charge in [-0.3, -0.25) is 19.2 Å². The Morgan fingerprint density at radius 3 is 2.14 bits per heavy atom. The lowest BCUT2D eigenvalue weighted by molar-refractivity contribution is -0.0436. The van der Waals surface area contributed by atoms with Crippen LogP contribution >= 0.6 is 30.7 Å². The van der Waals surface area contributed by atoms with Crippen molar-refractivity contribution in [1.29, 1.82) is 0 Å². The predicted octanol–water partition coefficient (Wildman–Crippen LogP) is 10.0. The zero-order valence-electron chi connectivity index (χ0n) is 41.2. The van der Waals surface area contributed by atoms with Crippen molar-refractivity contribution in [1.82, 2.24) is 19.4 Å². The number of allylic oxidation sites excluding steroid dienone is 1. The van der Waals surface area contributed by atoms with E-state index in [1.165, 1.54) is 40.6 Å². The Balaban J connectivity index is 1.01. The average molecular weight is 1090 g/mol. The van der Waals surface area contributed by atoms with E-state index in [0.717, 1.165) is 74.7 Å².